The molecule has 1 saturated heterocycles. The minimum atomic E-state index is -0.748. The van der Waals surface area contributed by atoms with Crippen molar-refractivity contribution >= 4 is 39.3 Å². The fourth-order valence-corrected chi connectivity index (χ4v) is 3.74. The zero-order valence-corrected chi connectivity index (χ0v) is 16.2. The normalized spacial score (nSPS) is 19.5. The van der Waals surface area contributed by atoms with Crippen LogP contribution in [0.3, 0.4) is 0 Å². The first kappa shape index (κ1) is 19.2. The van der Waals surface area contributed by atoms with E-state index in [9.17, 15) is 18.8 Å². The molecule has 5 nitrogen and oxygen atoms in total. The molecule has 3 rings (SSSR count). The first-order valence-electron chi connectivity index (χ1n) is 8.57. The van der Waals surface area contributed by atoms with Crippen LogP contribution in [0.5, 0.6) is 0 Å². The van der Waals surface area contributed by atoms with Crippen LogP contribution >= 0.6 is 15.9 Å². The van der Waals surface area contributed by atoms with E-state index in [1.807, 2.05) is 6.92 Å². The Morgan fingerprint density at radius 3 is 2.56 bits per heavy atom. The Bertz CT molecular complexity index is 914. The van der Waals surface area contributed by atoms with E-state index in [0.29, 0.717) is 29.4 Å². The van der Waals surface area contributed by atoms with Crippen molar-refractivity contribution in [3.05, 3.63) is 63.9 Å². The van der Waals surface area contributed by atoms with Crippen molar-refractivity contribution in [2.45, 2.75) is 31.6 Å². The van der Waals surface area contributed by atoms with Gasteiger partial charge in [-0.3, -0.25) is 19.7 Å². The van der Waals surface area contributed by atoms with Crippen LogP contribution in [0.25, 0.3) is 0 Å². The van der Waals surface area contributed by atoms with E-state index in [2.05, 4.69) is 26.6 Å². The van der Waals surface area contributed by atoms with Gasteiger partial charge in [-0.2, -0.15) is 0 Å². The third-order valence-corrected chi connectivity index (χ3v) is 5.63. The van der Waals surface area contributed by atoms with E-state index in [1.54, 1.807) is 24.3 Å². The van der Waals surface area contributed by atoms with E-state index >= 15 is 0 Å². The fraction of sp³-hybridized carbons (Fsp3) is 0.250. The van der Waals surface area contributed by atoms with Crippen molar-refractivity contribution in [3.8, 4) is 0 Å². The molecule has 1 atom stereocenters. The van der Waals surface area contributed by atoms with Crippen LogP contribution in [0.2, 0.25) is 0 Å². The Morgan fingerprint density at radius 1 is 1.22 bits per heavy atom. The third kappa shape index (κ3) is 3.78. The lowest BCUT2D eigenvalue weighted by Gasteiger charge is -2.35. The van der Waals surface area contributed by atoms with Crippen molar-refractivity contribution in [1.82, 2.24) is 5.32 Å². The van der Waals surface area contributed by atoms with Crippen LogP contribution in [0.1, 0.15) is 42.1 Å². The monoisotopic (exact) mass is 432 g/mol. The molecule has 2 N–H and O–H groups in total. The number of benzene rings is 2. The number of nitrogens with one attached hydrogen (secondary N) is 2. The maximum Gasteiger partial charge on any atom is 0.256 e. The molecule has 2 aromatic rings. The number of amides is 3. The molecule has 1 aliphatic heterocycles. The highest BCUT2D eigenvalue weighted by Crippen LogP contribution is 2.36. The summed E-state index contributed by atoms with van der Waals surface area (Å²) >= 11 is 3.24. The molecule has 7 heteroatoms. The fourth-order valence-electron chi connectivity index (χ4n) is 3.31. The van der Waals surface area contributed by atoms with Gasteiger partial charge in [-0.05, 0) is 64.7 Å². The topological polar surface area (TPSA) is 75.3 Å². The molecular weight excluding hydrogens is 415 g/mol. The predicted molar refractivity (Wildman–Crippen MR) is 103 cm³/mol. The highest BCUT2D eigenvalue weighted by atomic mass is 79.9. The number of piperidine rings is 1. The van der Waals surface area contributed by atoms with Gasteiger partial charge in [0.25, 0.3) is 5.91 Å². The van der Waals surface area contributed by atoms with Gasteiger partial charge in [0.1, 0.15) is 5.82 Å². The van der Waals surface area contributed by atoms with Crippen molar-refractivity contribution in [2.75, 3.05) is 5.32 Å². The molecule has 0 aromatic heterocycles. The van der Waals surface area contributed by atoms with Crippen LogP contribution in [0, 0.1) is 5.82 Å². The summed E-state index contributed by atoms with van der Waals surface area (Å²) in [5.41, 5.74) is 0.759. The Balaban J connectivity index is 1.81. The summed E-state index contributed by atoms with van der Waals surface area (Å²) in [6.07, 6.45) is 1.32. The highest BCUT2D eigenvalue weighted by Gasteiger charge is 2.42. The smallest absolute Gasteiger partial charge is 0.256 e. The molecule has 0 spiro atoms. The summed E-state index contributed by atoms with van der Waals surface area (Å²) in [7, 11) is 0. The van der Waals surface area contributed by atoms with Gasteiger partial charge in [0.15, 0.2) is 0 Å². The van der Waals surface area contributed by atoms with E-state index in [-0.39, 0.29) is 17.4 Å². The Hall–Kier alpha value is -2.54. The Labute approximate surface area is 164 Å². The lowest BCUT2D eigenvalue weighted by atomic mass is 9.72. The average molecular weight is 433 g/mol. The molecule has 1 unspecified atom stereocenters. The second kappa shape index (κ2) is 7.60. The molecule has 2 aromatic carbocycles. The van der Waals surface area contributed by atoms with Gasteiger partial charge in [0, 0.05) is 16.6 Å². The minimum absolute atomic E-state index is 0.189. The molecule has 0 aliphatic carbocycles. The molecule has 1 heterocycles. The number of halogens is 2. The number of rotatable bonds is 4. The maximum atomic E-state index is 13.4. The Morgan fingerprint density at radius 2 is 1.93 bits per heavy atom. The van der Waals surface area contributed by atoms with Crippen LogP contribution in [0.4, 0.5) is 10.1 Å². The highest BCUT2D eigenvalue weighted by molar-refractivity contribution is 9.10. The van der Waals surface area contributed by atoms with Gasteiger partial charge in [0.2, 0.25) is 11.8 Å². The molecule has 0 bridgehead atoms. The standard InChI is InChI=1S/C20H18BrFN2O3/c1-2-20(10-9-17(25)24-19(20)27)12-3-6-14(7-4-12)23-18(26)15-11-13(22)5-8-16(15)21/h3-8,11H,2,9-10H2,1H3,(H,23,26)(H,24,25,27). The number of imide groups is 1. The van der Waals surface area contributed by atoms with Crippen LogP contribution in [-0.2, 0) is 15.0 Å². The van der Waals surface area contributed by atoms with E-state index < -0.39 is 17.1 Å². The van der Waals surface area contributed by atoms with E-state index in [0.717, 1.165) is 11.6 Å². The van der Waals surface area contributed by atoms with Crippen LogP contribution in [0.15, 0.2) is 46.9 Å². The van der Waals surface area contributed by atoms with Crippen molar-refractivity contribution in [2.24, 2.45) is 0 Å². The molecule has 0 saturated carbocycles. The number of anilines is 1. The van der Waals surface area contributed by atoms with Gasteiger partial charge in [-0.1, -0.05) is 19.1 Å². The van der Waals surface area contributed by atoms with E-state index in [4.69, 9.17) is 0 Å². The molecule has 1 aliphatic rings. The first-order chi connectivity index (χ1) is 12.9. The summed E-state index contributed by atoms with van der Waals surface area (Å²) in [5, 5.41) is 5.13. The van der Waals surface area contributed by atoms with Crippen molar-refractivity contribution in [3.63, 3.8) is 0 Å². The van der Waals surface area contributed by atoms with Crippen LogP contribution < -0.4 is 10.6 Å². The second-order valence-corrected chi connectivity index (χ2v) is 7.32. The average Bonchev–Trinajstić information content (AvgIpc) is 2.65. The molecule has 1 fully saturated rings. The van der Waals surface area contributed by atoms with Gasteiger partial charge in [0.05, 0.1) is 11.0 Å². The molecule has 27 heavy (non-hydrogen) atoms. The largest absolute Gasteiger partial charge is 0.322 e. The Kier molecular flexibility index (Phi) is 5.41. The summed E-state index contributed by atoms with van der Waals surface area (Å²) in [4.78, 5) is 36.3. The summed E-state index contributed by atoms with van der Waals surface area (Å²) in [6, 6.07) is 10.8. The summed E-state index contributed by atoms with van der Waals surface area (Å²) < 4.78 is 13.9. The first-order valence-corrected chi connectivity index (χ1v) is 9.36. The lowest BCUT2D eigenvalue weighted by molar-refractivity contribution is -0.138. The maximum absolute atomic E-state index is 13.4. The molecular formula is C20H18BrFN2O3. The molecule has 3 amide bonds. The second-order valence-electron chi connectivity index (χ2n) is 6.47. The quantitative estimate of drug-likeness (QED) is 0.718. The number of carbonyl (C=O) groups is 3. The van der Waals surface area contributed by atoms with Gasteiger partial charge in [-0.15, -0.1) is 0 Å². The summed E-state index contributed by atoms with van der Waals surface area (Å²) in [5.74, 6) is -1.49. The number of carbonyl (C=O) groups excluding carboxylic acids is 3. The SMILES string of the molecule is CCC1(c2ccc(NC(=O)c3cc(F)ccc3Br)cc2)CCC(=O)NC1=O. The third-order valence-electron chi connectivity index (χ3n) is 4.94. The number of hydrogen-bond donors (Lipinski definition) is 2. The van der Waals surface area contributed by atoms with Crippen LogP contribution in [-0.4, -0.2) is 17.7 Å². The van der Waals surface area contributed by atoms with Crippen molar-refractivity contribution < 1.29 is 18.8 Å². The van der Waals surface area contributed by atoms with Gasteiger partial charge in [-0.25, -0.2) is 4.39 Å². The van der Waals surface area contributed by atoms with E-state index in [1.165, 1.54) is 12.1 Å². The minimum Gasteiger partial charge on any atom is -0.322 e. The van der Waals surface area contributed by atoms with Gasteiger partial charge >= 0.3 is 0 Å². The molecule has 0 radical (unpaired) electrons. The zero-order chi connectivity index (χ0) is 19.6. The zero-order valence-electron chi connectivity index (χ0n) is 14.6. The number of hydrogen-bond acceptors (Lipinski definition) is 3. The van der Waals surface area contributed by atoms with Crippen molar-refractivity contribution in [1.29, 1.82) is 0 Å². The lowest BCUT2D eigenvalue weighted by Crippen LogP contribution is -2.51. The molecule has 140 valence electrons. The van der Waals surface area contributed by atoms with Gasteiger partial charge < -0.3 is 5.32 Å². The predicted octanol–water partition coefficient (Wildman–Crippen LogP) is 3.92. The summed E-state index contributed by atoms with van der Waals surface area (Å²) in [6.45, 7) is 1.91.